The molecule has 0 unspecified atom stereocenters. The predicted octanol–water partition coefficient (Wildman–Crippen LogP) is 2.27. The van der Waals surface area contributed by atoms with Crippen LogP contribution in [-0.2, 0) is 26.5 Å². The Kier molecular flexibility index (Phi) is 4.50. The van der Waals surface area contributed by atoms with Crippen LogP contribution in [0.2, 0.25) is 0 Å². The summed E-state index contributed by atoms with van der Waals surface area (Å²) in [5.41, 5.74) is 1.30. The van der Waals surface area contributed by atoms with E-state index in [0.29, 0.717) is 24.3 Å². The van der Waals surface area contributed by atoms with Crippen molar-refractivity contribution >= 4 is 17.9 Å². The van der Waals surface area contributed by atoms with Gasteiger partial charge in [-0.3, -0.25) is 14.5 Å². The number of urea groups is 1. The molecule has 1 saturated heterocycles. The Bertz CT molecular complexity index is 957. The normalized spacial score (nSPS) is 20.5. The van der Waals surface area contributed by atoms with Crippen molar-refractivity contribution in [2.24, 2.45) is 0 Å². The van der Waals surface area contributed by atoms with Gasteiger partial charge in [-0.2, -0.15) is 0 Å². The largest absolute Gasteiger partial charge is 0.493 e. The number of amides is 3. The number of fused-ring (bicyclic) bond motifs is 2. The second-order valence-corrected chi connectivity index (χ2v) is 6.91. The van der Waals surface area contributed by atoms with E-state index >= 15 is 0 Å². The number of hydrogen-bond acceptors (Lipinski definition) is 5. The molecule has 0 saturated carbocycles. The Hall–Kier alpha value is -3.35. The molecular formula is C21H20N2O5. The van der Waals surface area contributed by atoms with Crippen LogP contribution < -0.4 is 10.1 Å². The summed E-state index contributed by atoms with van der Waals surface area (Å²) in [4.78, 5) is 38.8. The van der Waals surface area contributed by atoms with Crippen LogP contribution in [0.4, 0.5) is 4.79 Å². The molecule has 0 aromatic heterocycles. The average Bonchev–Trinajstić information content (AvgIpc) is 2.92. The first kappa shape index (κ1) is 18.0. The van der Waals surface area contributed by atoms with Crippen molar-refractivity contribution in [3.8, 4) is 5.75 Å². The Labute approximate surface area is 162 Å². The van der Waals surface area contributed by atoms with Crippen LogP contribution in [0.1, 0.15) is 23.1 Å². The van der Waals surface area contributed by atoms with Gasteiger partial charge < -0.3 is 14.8 Å². The van der Waals surface area contributed by atoms with Crippen molar-refractivity contribution in [2.75, 3.05) is 13.2 Å². The summed E-state index contributed by atoms with van der Waals surface area (Å²) >= 11 is 0. The van der Waals surface area contributed by atoms with Gasteiger partial charge in [-0.05, 0) is 24.1 Å². The molecule has 4 rings (SSSR count). The predicted molar refractivity (Wildman–Crippen MR) is 99.5 cm³/mol. The topological polar surface area (TPSA) is 84.9 Å². The monoisotopic (exact) mass is 380 g/mol. The van der Waals surface area contributed by atoms with Gasteiger partial charge in [0.2, 0.25) is 0 Å². The molecule has 2 aromatic carbocycles. The van der Waals surface area contributed by atoms with Gasteiger partial charge in [-0.15, -0.1) is 0 Å². The molecule has 7 heteroatoms. The second-order valence-electron chi connectivity index (χ2n) is 6.91. The van der Waals surface area contributed by atoms with E-state index in [0.717, 1.165) is 16.0 Å². The third-order valence-electron chi connectivity index (χ3n) is 5.19. The van der Waals surface area contributed by atoms with Gasteiger partial charge in [0.15, 0.2) is 5.54 Å². The van der Waals surface area contributed by atoms with Crippen molar-refractivity contribution in [1.29, 1.82) is 0 Å². The molecule has 1 spiro atoms. The van der Waals surface area contributed by atoms with Gasteiger partial charge in [0, 0.05) is 12.0 Å². The highest BCUT2D eigenvalue weighted by Gasteiger charge is 2.55. The summed E-state index contributed by atoms with van der Waals surface area (Å²) in [7, 11) is 0. The SMILES string of the molecule is Cc1ccccc1COC(=O)CN1C(=O)N[C@@]2(CCOc3ccccc32)C1=O. The van der Waals surface area contributed by atoms with E-state index in [1.807, 2.05) is 31.2 Å². The number of hydrogen-bond donors (Lipinski definition) is 1. The first-order valence-electron chi connectivity index (χ1n) is 9.08. The number of benzene rings is 2. The third-order valence-corrected chi connectivity index (χ3v) is 5.19. The Balaban J connectivity index is 1.48. The van der Waals surface area contributed by atoms with Crippen molar-refractivity contribution in [1.82, 2.24) is 10.2 Å². The molecule has 2 aromatic rings. The third kappa shape index (κ3) is 2.98. The zero-order valence-electron chi connectivity index (χ0n) is 15.4. The van der Waals surface area contributed by atoms with Gasteiger partial charge >= 0.3 is 12.0 Å². The lowest BCUT2D eigenvalue weighted by Crippen LogP contribution is -2.47. The highest BCUT2D eigenvalue weighted by Crippen LogP contribution is 2.40. The van der Waals surface area contributed by atoms with Crippen LogP contribution in [-0.4, -0.2) is 36.0 Å². The fraction of sp³-hybridized carbons (Fsp3) is 0.286. The smallest absolute Gasteiger partial charge is 0.326 e. The number of esters is 1. The lowest BCUT2D eigenvalue weighted by Gasteiger charge is -2.33. The Morgan fingerprint density at radius 2 is 1.93 bits per heavy atom. The van der Waals surface area contributed by atoms with Crippen LogP contribution >= 0.6 is 0 Å². The molecule has 1 atom stereocenters. The lowest BCUT2D eigenvalue weighted by atomic mass is 9.84. The number of nitrogens with zero attached hydrogens (tertiary/aromatic N) is 1. The maximum absolute atomic E-state index is 13.1. The molecule has 0 radical (unpaired) electrons. The van der Waals surface area contributed by atoms with Gasteiger partial charge in [0.05, 0.1) is 6.61 Å². The van der Waals surface area contributed by atoms with Gasteiger partial charge in [-0.25, -0.2) is 4.79 Å². The molecule has 2 heterocycles. The summed E-state index contributed by atoms with van der Waals surface area (Å²) < 4.78 is 10.9. The van der Waals surface area contributed by atoms with Crippen LogP contribution in [0, 0.1) is 6.92 Å². The zero-order chi connectivity index (χ0) is 19.7. The van der Waals surface area contributed by atoms with E-state index in [1.165, 1.54) is 0 Å². The van der Waals surface area contributed by atoms with Crippen LogP contribution in [0.25, 0.3) is 0 Å². The fourth-order valence-corrected chi connectivity index (χ4v) is 3.62. The van der Waals surface area contributed by atoms with Crippen LogP contribution in [0.5, 0.6) is 5.75 Å². The lowest BCUT2D eigenvalue weighted by molar-refractivity contribution is -0.149. The molecule has 144 valence electrons. The fourth-order valence-electron chi connectivity index (χ4n) is 3.62. The van der Waals surface area contributed by atoms with Crippen LogP contribution in [0.15, 0.2) is 48.5 Å². The molecule has 1 fully saturated rings. The molecule has 2 aliphatic rings. The molecule has 2 aliphatic heterocycles. The molecule has 3 amide bonds. The summed E-state index contributed by atoms with van der Waals surface area (Å²) in [5, 5.41) is 2.76. The molecular weight excluding hydrogens is 360 g/mol. The minimum Gasteiger partial charge on any atom is -0.493 e. The number of imide groups is 1. The van der Waals surface area contributed by atoms with Crippen molar-refractivity contribution in [2.45, 2.75) is 25.5 Å². The first-order valence-corrected chi connectivity index (χ1v) is 9.08. The number of nitrogens with one attached hydrogen (secondary N) is 1. The zero-order valence-corrected chi connectivity index (χ0v) is 15.4. The van der Waals surface area contributed by atoms with Gasteiger partial charge in [-0.1, -0.05) is 42.5 Å². The van der Waals surface area contributed by atoms with Gasteiger partial charge in [0.25, 0.3) is 5.91 Å². The van der Waals surface area contributed by atoms with E-state index in [1.54, 1.807) is 24.3 Å². The standard InChI is InChI=1S/C21H20N2O5/c1-14-6-2-3-7-15(14)13-28-18(24)12-23-19(25)21(22-20(23)26)10-11-27-17-9-5-4-8-16(17)21/h2-9H,10-13H2,1H3,(H,22,26)/t21-/m1/s1. The van der Waals surface area contributed by atoms with E-state index < -0.39 is 30.0 Å². The average molecular weight is 380 g/mol. The van der Waals surface area contributed by atoms with E-state index in [2.05, 4.69) is 5.32 Å². The number of aryl methyl sites for hydroxylation is 1. The molecule has 28 heavy (non-hydrogen) atoms. The maximum atomic E-state index is 13.1. The Morgan fingerprint density at radius 3 is 2.75 bits per heavy atom. The van der Waals surface area contributed by atoms with E-state index in [4.69, 9.17) is 9.47 Å². The van der Waals surface area contributed by atoms with E-state index in [9.17, 15) is 14.4 Å². The number of ether oxygens (including phenoxy) is 2. The summed E-state index contributed by atoms with van der Waals surface area (Å²) in [6.45, 7) is 1.89. The minimum absolute atomic E-state index is 0.0942. The molecule has 1 N–H and O–H groups in total. The Morgan fingerprint density at radius 1 is 1.18 bits per heavy atom. The molecule has 7 nitrogen and oxygen atoms in total. The van der Waals surface area contributed by atoms with Gasteiger partial charge in [0.1, 0.15) is 18.9 Å². The molecule has 0 aliphatic carbocycles. The van der Waals surface area contributed by atoms with E-state index in [-0.39, 0.29) is 6.61 Å². The summed E-state index contributed by atoms with van der Waals surface area (Å²) in [6.07, 6.45) is 0.309. The highest BCUT2D eigenvalue weighted by atomic mass is 16.5. The summed E-state index contributed by atoms with van der Waals surface area (Å²) in [5.74, 6) is -0.531. The van der Waals surface area contributed by atoms with Crippen LogP contribution in [0.3, 0.4) is 0 Å². The number of carbonyl (C=O) groups excluding carboxylic acids is 3. The number of carbonyl (C=O) groups is 3. The number of rotatable bonds is 4. The highest BCUT2D eigenvalue weighted by molar-refractivity contribution is 6.09. The summed E-state index contributed by atoms with van der Waals surface area (Å²) in [6, 6.07) is 14.1. The quantitative estimate of drug-likeness (QED) is 0.650. The second kappa shape index (κ2) is 6.99. The van der Waals surface area contributed by atoms with Crippen molar-refractivity contribution < 1.29 is 23.9 Å². The van der Waals surface area contributed by atoms with Crippen molar-refractivity contribution in [3.05, 3.63) is 65.2 Å². The number of para-hydroxylation sites is 1. The van der Waals surface area contributed by atoms with Crippen molar-refractivity contribution in [3.63, 3.8) is 0 Å². The maximum Gasteiger partial charge on any atom is 0.326 e. The molecule has 0 bridgehead atoms. The first-order chi connectivity index (χ1) is 13.5. The minimum atomic E-state index is -1.19.